The average Bonchev–Trinajstić information content (AvgIpc) is 2.74. The molecule has 1 aliphatic rings. The summed E-state index contributed by atoms with van der Waals surface area (Å²) in [5.74, 6) is -0.568. The molecule has 3 nitrogen and oxygen atoms in total. The minimum atomic E-state index is -0.568. The molecule has 1 aromatic carbocycles. The van der Waals surface area contributed by atoms with Gasteiger partial charge in [-0.1, -0.05) is 17.7 Å². The van der Waals surface area contributed by atoms with Gasteiger partial charge in [-0.3, -0.25) is 0 Å². The van der Waals surface area contributed by atoms with E-state index in [2.05, 4.69) is 32.9 Å². The lowest BCUT2D eigenvalue weighted by molar-refractivity contribution is -0.172. The number of hydrogen-bond donors (Lipinski definition) is 1. The van der Waals surface area contributed by atoms with Crippen LogP contribution in [-0.4, -0.2) is 19.8 Å². The summed E-state index contributed by atoms with van der Waals surface area (Å²) in [6.07, 6.45) is 1.74. The summed E-state index contributed by atoms with van der Waals surface area (Å²) in [4.78, 5) is 0. The highest BCUT2D eigenvalue weighted by Gasteiger charge is 2.40. The molecule has 0 unspecified atom stereocenters. The largest absolute Gasteiger partial charge is 0.343 e. The van der Waals surface area contributed by atoms with Gasteiger partial charge in [0.15, 0.2) is 5.79 Å². The second-order valence-electron chi connectivity index (χ2n) is 5.12. The van der Waals surface area contributed by atoms with Crippen LogP contribution in [0.4, 0.5) is 0 Å². The zero-order valence-corrected chi connectivity index (χ0v) is 11.6. The van der Waals surface area contributed by atoms with E-state index in [4.69, 9.17) is 15.2 Å². The second-order valence-corrected chi connectivity index (χ2v) is 5.12. The van der Waals surface area contributed by atoms with Crippen LogP contribution < -0.4 is 5.73 Å². The quantitative estimate of drug-likeness (QED) is 0.892. The van der Waals surface area contributed by atoms with E-state index < -0.39 is 5.79 Å². The Hall–Kier alpha value is -0.900. The van der Waals surface area contributed by atoms with Gasteiger partial charge in [0.1, 0.15) is 0 Å². The molecule has 18 heavy (non-hydrogen) atoms. The van der Waals surface area contributed by atoms with Crippen molar-refractivity contribution < 1.29 is 9.47 Å². The molecule has 2 N–H and O–H groups in total. The molecule has 0 aromatic heterocycles. The first-order valence-electron chi connectivity index (χ1n) is 6.65. The number of nitrogens with two attached hydrogens (primary N) is 1. The van der Waals surface area contributed by atoms with Crippen LogP contribution in [0, 0.1) is 20.8 Å². The van der Waals surface area contributed by atoms with Crippen molar-refractivity contribution in [1.29, 1.82) is 0 Å². The number of hydrogen-bond acceptors (Lipinski definition) is 3. The van der Waals surface area contributed by atoms with Crippen molar-refractivity contribution in [3.63, 3.8) is 0 Å². The molecule has 1 aromatic rings. The zero-order valence-electron chi connectivity index (χ0n) is 11.6. The molecule has 0 atom stereocenters. The Morgan fingerprint density at radius 3 is 2.17 bits per heavy atom. The van der Waals surface area contributed by atoms with Crippen molar-refractivity contribution in [3.8, 4) is 0 Å². The maximum absolute atomic E-state index is 5.95. The van der Waals surface area contributed by atoms with Gasteiger partial charge >= 0.3 is 0 Å². The van der Waals surface area contributed by atoms with Gasteiger partial charge in [0.05, 0.1) is 13.2 Å². The van der Waals surface area contributed by atoms with Crippen LogP contribution >= 0.6 is 0 Å². The van der Waals surface area contributed by atoms with Gasteiger partial charge in [-0.15, -0.1) is 0 Å². The van der Waals surface area contributed by atoms with E-state index in [0.29, 0.717) is 19.8 Å². The first-order chi connectivity index (χ1) is 8.59. The van der Waals surface area contributed by atoms with E-state index in [-0.39, 0.29) is 0 Å². The molecular formula is C15H23NO2. The fourth-order valence-electron chi connectivity index (χ4n) is 2.98. The third kappa shape index (κ3) is 2.44. The molecule has 0 bridgehead atoms. The SMILES string of the molecule is Cc1cc(C)c(C2(CCCN)OCCO2)c(C)c1. The van der Waals surface area contributed by atoms with E-state index in [9.17, 15) is 0 Å². The predicted molar refractivity (Wildman–Crippen MR) is 72.5 cm³/mol. The molecule has 0 radical (unpaired) electrons. The van der Waals surface area contributed by atoms with Gasteiger partial charge in [0, 0.05) is 12.0 Å². The van der Waals surface area contributed by atoms with Crippen LogP contribution in [0.15, 0.2) is 12.1 Å². The van der Waals surface area contributed by atoms with Crippen molar-refractivity contribution in [2.75, 3.05) is 19.8 Å². The highest BCUT2D eigenvalue weighted by atomic mass is 16.7. The van der Waals surface area contributed by atoms with Crippen molar-refractivity contribution in [2.24, 2.45) is 5.73 Å². The fraction of sp³-hybridized carbons (Fsp3) is 0.600. The monoisotopic (exact) mass is 249 g/mol. The summed E-state index contributed by atoms with van der Waals surface area (Å²) in [5.41, 5.74) is 10.6. The van der Waals surface area contributed by atoms with E-state index in [1.54, 1.807) is 0 Å². The molecule has 1 fully saturated rings. The van der Waals surface area contributed by atoms with Crippen LogP contribution in [0.1, 0.15) is 35.1 Å². The summed E-state index contributed by atoms with van der Waals surface area (Å²) in [7, 11) is 0. The minimum absolute atomic E-state index is 0.568. The maximum Gasteiger partial charge on any atom is 0.195 e. The zero-order chi connectivity index (χ0) is 13.2. The number of benzene rings is 1. The maximum atomic E-state index is 5.95. The van der Waals surface area contributed by atoms with Crippen LogP contribution in [0.25, 0.3) is 0 Å². The number of ether oxygens (including phenoxy) is 2. The lowest BCUT2D eigenvalue weighted by atomic mass is 9.90. The lowest BCUT2D eigenvalue weighted by Gasteiger charge is -2.31. The van der Waals surface area contributed by atoms with Gasteiger partial charge in [0.2, 0.25) is 0 Å². The minimum Gasteiger partial charge on any atom is -0.343 e. The molecule has 1 heterocycles. The third-order valence-corrected chi connectivity index (χ3v) is 3.52. The molecule has 0 amide bonds. The van der Waals surface area contributed by atoms with Crippen LogP contribution in [-0.2, 0) is 15.3 Å². The average molecular weight is 249 g/mol. The normalized spacial score (nSPS) is 18.2. The summed E-state index contributed by atoms with van der Waals surface area (Å²) in [6.45, 7) is 8.37. The van der Waals surface area contributed by atoms with Crippen LogP contribution in [0.3, 0.4) is 0 Å². The highest BCUT2D eigenvalue weighted by molar-refractivity contribution is 5.40. The Labute approximate surface area is 109 Å². The first kappa shape index (κ1) is 13.5. The molecule has 0 saturated carbocycles. The number of aryl methyl sites for hydroxylation is 3. The second kappa shape index (κ2) is 5.39. The molecule has 2 rings (SSSR count). The molecule has 3 heteroatoms. The van der Waals surface area contributed by atoms with Crippen molar-refractivity contribution in [2.45, 2.75) is 39.4 Å². The molecule has 1 aliphatic heterocycles. The topological polar surface area (TPSA) is 44.5 Å². The van der Waals surface area contributed by atoms with Gasteiger partial charge in [0.25, 0.3) is 0 Å². The highest BCUT2D eigenvalue weighted by Crippen LogP contribution is 2.39. The number of rotatable bonds is 4. The van der Waals surface area contributed by atoms with Gasteiger partial charge in [-0.05, 0) is 44.9 Å². The Morgan fingerprint density at radius 2 is 1.67 bits per heavy atom. The Morgan fingerprint density at radius 1 is 1.11 bits per heavy atom. The molecular weight excluding hydrogens is 226 g/mol. The smallest absolute Gasteiger partial charge is 0.195 e. The molecule has 0 aliphatic carbocycles. The van der Waals surface area contributed by atoms with Crippen molar-refractivity contribution >= 4 is 0 Å². The van der Waals surface area contributed by atoms with E-state index >= 15 is 0 Å². The summed E-state index contributed by atoms with van der Waals surface area (Å²) in [6, 6.07) is 4.38. The summed E-state index contributed by atoms with van der Waals surface area (Å²) in [5, 5.41) is 0. The van der Waals surface area contributed by atoms with E-state index in [0.717, 1.165) is 12.8 Å². The van der Waals surface area contributed by atoms with Crippen LogP contribution in [0.5, 0.6) is 0 Å². The lowest BCUT2D eigenvalue weighted by Crippen LogP contribution is -2.30. The van der Waals surface area contributed by atoms with E-state index in [1.807, 2.05) is 0 Å². The summed E-state index contributed by atoms with van der Waals surface area (Å²) < 4.78 is 11.9. The first-order valence-corrected chi connectivity index (χ1v) is 6.65. The molecule has 1 saturated heterocycles. The third-order valence-electron chi connectivity index (χ3n) is 3.52. The Balaban J connectivity index is 2.42. The summed E-state index contributed by atoms with van der Waals surface area (Å²) >= 11 is 0. The van der Waals surface area contributed by atoms with Crippen LogP contribution in [0.2, 0.25) is 0 Å². The Kier molecular flexibility index (Phi) is 4.05. The fourth-order valence-corrected chi connectivity index (χ4v) is 2.98. The standard InChI is InChI=1S/C15H23NO2/c1-11-9-12(2)14(13(3)10-11)15(5-4-6-16)17-7-8-18-15/h9-10H,4-8,16H2,1-3H3. The van der Waals surface area contributed by atoms with Crippen molar-refractivity contribution in [1.82, 2.24) is 0 Å². The van der Waals surface area contributed by atoms with Gasteiger partial charge in [-0.2, -0.15) is 0 Å². The molecule has 0 spiro atoms. The van der Waals surface area contributed by atoms with E-state index in [1.165, 1.54) is 22.3 Å². The predicted octanol–water partition coefficient (Wildman–Crippen LogP) is 2.55. The molecule has 100 valence electrons. The van der Waals surface area contributed by atoms with Crippen molar-refractivity contribution in [3.05, 3.63) is 34.4 Å². The van der Waals surface area contributed by atoms with Gasteiger partial charge in [-0.25, -0.2) is 0 Å². The Bertz CT molecular complexity index is 399. The van der Waals surface area contributed by atoms with Gasteiger partial charge < -0.3 is 15.2 Å².